The maximum Gasteiger partial charge on any atom is 0.201 e. The molecule has 0 spiro atoms. The Morgan fingerprint density at radius 2 is 2.10 bits per heavy atom. The lowest BCUT2D eigenvalue weighted by molar-refractivity contribution is 0.103. The van der Waals surface area contributed by atoms with Crippen molar-refractivity contribution < 1.29 is 13.6 Å². The molecule has 0 aliphatic carbocycles. The molecule has 0 atom stereocenters. The fourth-order valence-corrected chi connectivity index (χ4v) is 4.19. The van der Waals surface area contributed by atoms with Crippen molar-refractivity contribution in [3.8, 4) is 16.4 Å². The number of fused-ring (bicyclic) bond motifs is 1. The number of benzene rings is 1. The number of aromatic amines is 1. The first-order chi connectivity index (χ1) is 14.9. The third kappa shape index (κ3) is 3.08. The van der Waals surface area contributed by atoms with Crippen LogP contribution in [-0.2, 0) is 0 Å². The van der Waals surface area contributed by atoms with Crippen molar-refractivity contribution in [2.45, 2.75) is 6.92 Å². The molecule has 4 aromatic heterocycles. The standard InChI is InChI=1S/C21H14F2N6OS/c1-10-25-4-5-29(10)21-28-16(9-31-21)11-6-12-13(8-27-20(12)26-7-11)19(30)17-14(22)2-3-15(24)18(17)23/h2-9H,24H2,1H3,(H,26,27). The molecule has 7 nitrogen and oxygen atoms in total. The maximum absolute atomic E-state index is 14.4. The summed E-state index contributed by atoms with van der Waals surface area (Å²) in [6, 6.07) is 3.77. The van der Waals surface area contributed by atoms with E-state index >= 15 is 0 Å². The van der Waals surface area contributed by atoms with Crippen molar-refractivity contribution >= 4 is 33.8 Å². The summed E-state index contributed by atoms with van der Waals surface area (Å²) < 4.78 is 30.5. The number of ketones is 1. The summed E-state index contributed by atoms with van der Waals surface area (Å²) in [4.78, 5) is 29.0. The van der Waals surface area contributed by atoms with Gasteiger partial charge in [0.25, 0.3) is 0 Å². The number of halogens is 2. The highest BCUT2D eigenvalue weighted by atomic mass is 32.1. The fourth-order valence-electron chi connectivity index (χ4n) is 3.33. The Kier molecular flexibility index (Phi) is 4.36. The van der Waals surface area contributed by atoms with Gasteiger partial charge in [-0.25, -0.2) is 23.7 Å². The van der Waals surface area contributed by atoms with E-state index in [-0.39, 0.29) is 11.3 Å². The topological polar surface area (TPSA) is 102 Å². The van der Waals surface area contributed by atoms with Crippen molar-refractivity contribution in [1.29, 1.82) is 0 Å². The second-order valence-corrected chi connectivity index (χ2v) is 7.67. The normalized spacial score (nSPS) is 11.3. The summed E-state index contributed by atoms with van der Waals surface area (Å²) in [6.45, 7) is 1.88. The van der Waals surface area contributed by atoms with Crippen molar-refractivity contribution in [3.05, 3.63) is 77.0 Å². The average Bonchev–Trinajstić information content (AvgIpc) is 3.49. The molecule has 0 fully saturated rings. The number of nitrogens with two attached hydrogens (primary N) is 1. The summed E-state index contributed by atoms with van der Waals surface area (Å²) in [7, 11) is 0. The van der Waals surface area contributed by atoms with Gasteiger partial charge in [0.2, 0.25) is 5.78 Å². The zero-order valence-electron chi connectivity index (χ0n) is 16.1. The van der Waals surface area contributed by atoms with Gasteiger partial charge in [0.15, 0.2) is 10.9 Å². The molecule has 0 saturated heterocycles. The predicted octanol–water partition coefficient (Wildman–Crippen LogP) is 4.27. The zero-order valence-corrected chi connectivity index (χ0v) is 16.9. The van der Waals surface area contributed by atoms with E-state index in [1.54, 1.807) is 18.5 Å². The molecule has 0 saturated carbocycles. The molecule has 5 aromatic rings. The summed E-state index contributed by atoms with van der Waals surface area (Å²) >= 11 is 1.43. The van der Waals surface area contributed by atoms with Crippen LogP contribution in [0.15, 0.2) is 48.4 Å². The highest BCUT2D eigenvalue weighted by Gasteiger charge is 2.24. The van der Waals surface area contributed by atoms with Crippen LogP contribution in [0.3, 0.4) is 0 Å². The lowest BCUT2D eigenvalue weighted by Gasteiger charge is -2.06. The van der Waals surface area contributed by atoms with Crippen molar-refractivity contribution in [1.82, 2.24) is 24.5 Å². The van der Waals surface area contributed by atoms with Crippen LogP contribution in [0.25, 0.3) is 27.4 Å². The Morgan fingerprint density at radius 1 is 1.26 bits per heavy atom. The number of hydrogen-bond donors (Lipinski definition) is 2. The van der Waals surface area contributed by atoms with Crippen LogP contribution < -0.4 is 5.73 Å². The second kappa shape index (κ2) is 7.10. The molecular weight excluding hydrogens is 422 g/mol. The van der Waals surface area contributed by atoms with Gasteiger partial charge < -0.3 is 10.7 Å². The molecule has 10 heteroatoms. The fraction of sp³-hybridized carbons (Fsp3) is 0.0476. The van der Waals surface area contributed by atoms with Gasteiger partial charge >= 0.3 is 0 Å². The first kappa shape index (κ1) is 19.1. The van der Waals surface area contributed by atoms with Crippen LogP contribution in [0.5, 0.6) is 0 Å². The largest absolute Gasteiger partial charge is 0.396 e. The number of nitrogen functional groups attached to an aromatic ring is 1. The van der Waals surface area contributed by atoms with Crippen LogP contribution >= 0.6 is 11.3 Å². The quantitative estimate of drug-likeness (QED) is 0.324. The maximum atomic E-state index is 14.4. The molecule has 0 aliphatic heterocycles. The molecule has 0 amide bonds. The molecule has 5 rings (SSSR count). The molecule has 0 aliphatic rings. The number of pyridine rings is 1. The van der Waals surface area contributed by atoms with Crippen LogP contribution in [0, 0.1) is 18.6 Å². The number of carbonyl (C=O) groups excluding carboxylic acids is 1. The number of H-pyrrole nitrogens is 1. The van der Waals surface area contributed by atoms with E-state index < -0.39 is 23.0 Å². The number of anilines is 1. The Bertz CT molecular complexity index is 1470. The van der Waals surface area contributed by atoms with Gasteiger partial charge in [0.05, 0.1) is 16.9 Å². The number of thiazole rings is 1. The summed E-state index contributed by atoms with van der Waals surface area (Å²) in [5.74, 6) is -2.07. The highest BCUT2D eigenvalue weighted by Crippen LogP contribution is 2.30. The van der Waals surface area contributed by atoms with Gasteiger partial charge in [-0.3, -0.25) is 9.36 Å². The summed E-state index contributed by atoms with van der Waals surface area (Å²) in [5.41, 5.74) is 6.35. The minimum atomic E-state index is -1.08. The van der Waals surface area contributed by atoms with E-state index in [1.807, 2.05) is 23.1 Å². The van der Waals surface area contributed by atoms with E-state index in [9.17, 15) is 13.6 Å². The van der Waals surface area contributed by atoms with E-state index in [4.69, 9.17) is 5.73 Å². The van der Waals surface area contributed by atoms with Gasteiger partial charge in [0, 0.05) is 46.7 Å². The molecule has 3 N–H and O–H groups in total. The minimum Gasteiger partial charge on any atom is -0.396 e. The zero-order chi connectivity index (χ0) is 21.7. The third-order valence-electron chi connectivity index (χ3n) is 4.94. The number of nitrogens with one attached hydrogen (secondary N) is 1. The summed E-state index contributed by atoms with van der Waals surface area (Å²) in [5, 5.41) is 3.03. The van der Waals surface area contributed by atoms with E-state index in [0.717, 1.165) is 23.1 Å². The average molecular weight is 436 g/mol. The highest BCUT2D eigenvalue weighted by molar-refractivity contribution is 7.12. The minimum absolute atomic E-state index is 0.0913. The first-order valence-electron chi connectivity index (χ1n) is 9.15. The van der Waals surface area contributed by atoms with Crippen molar-refractivity contribution in [2.75, 3.05) is 5.73 Å². The Hall–Kier alpha value is -3.92. The molecule has 0 radical (unpaired) electrons. The smallest absolute Gasteiger partial charge is 0.201 e. The monoisotopic (exact) mass is 436 g/mol. The molecular formula is C21H14F2N6OS. The number of aromatic nitrogens is 5. The van der Waals surface area contributed by atoms with Gasteiger partial charge in [-0.2, -0.15) is 0 Å². The molecule has 154 valence electrons. The van der Waals surface area contributed by atoms with Crippen molar-refractivity contribution in [3.63, 3.8) is 0 Å². The summed E-state index contributed by atoms with van der Waals surface area (Å²) in [6.07, 6.45) is 6.51. The van der Waals surface area contributed by atoms with E-state index in [0.29, 0.717) is 22.3 Å². The van der Waals surface area contributed by atoms with Crippen LogP contribution in [0.2, 0.25) is 0 Å². The number of aryl methyl sites for hydroxylation is 1. The molecule has 4 heterocycles. The van der Waals surface area contributed by atoms with Gasteiger partial charge in [-0.15, -0.1) is 11.3 Å². The lowest BCUT2D eigenvalue weighted by atomic mass is 10.0. The van der Waals surface area contributed by atoms with Crippen LogP contribution in [0.1, 0.15) is 21.7 Å². The molecule has 0 unspecified atom stereocenters. The number of rotatable bonds is 4. The van der Waals surface area contributed by atoms with E-state index in [2.05, 4.69) is 19.9 Å². The molecule has 31 heavy (non-hydrogen) atoms. The third-order valence-corrected chi connectivity index (χ3v) is 5.78. The predicted molar refractivity (Wildman–Crippen MR) is 113 cm³/mol. The van der Waals surface area contributed by atoms with Gasteiger partial charge in [-0.05, 0) is 25.1 Å². The number of hydrogen-bond acceptors (Lipinski definition) is 6. The number of carbonyl (C=O) groups is 1. The van der Waals surface area contributed by atoms with Crippen LogP contribution in [-0.4, -0.2) is 30.3 Å². The Labute approximate surface area is 178 Å². The van der Waals surface area contributed by atoms with Crippen LogP contribution in [0.4, 0.5) is 14.5 Å². The van der Waals surface area contributed by atoms with Gasteiger partial charge in [0.1, 0.15) is 17.3 Å². The van der Waals surface area contributed by atoms with E-state index in [1.165, 1.54) is 17.5 Å². The van der Waals surface area contributed by atoms with Crippen molar-refractivity contribution in [2.24, 2.45) is 0 Å². The number of nitrogens with zero attached hydrogens (tertiary/aromatic N) is 4. The Balaban J connectivity index is 1.59. The second-order valence-electron chi connectivity index (χ2n) is 6.84. The SMILES string of the molecule is Cc1nccn1-c1nc(-c2cnc3[nH]cc(C(=O)c4c(F)ccc(N)c4F)c3c2)cs1. The first-order valence-corrected chi connectivity index (χ1v) is 10.0. The van der Waals surface area contributed by atoms with Gasteiger partial charge in [-0.1, -0.05) is 0 Å². The number of imidazole rings is 1. The molecule has 1 aromatic carbocycles. The lowest BCUT2D eigenvalue weighted by Crippen LogP contribution is -2.09. The Morgan fingerprint density at radius 3 is 2.87 bits per heavy atom. The molecule has 0 bridgehead atoms.